The summed E-state index contributed by atoms with van der Waals surface area (Å²) in [6.07, 6.45) is -4.65. The molecule has 0 radical (unpaired) electrons. The van der Waals surface area contributed by atoms with Gasteiger partial charge in [0.15, 0.2) is 0 Å². The summed E-state index contributed by atoms with van der Waals surface area (Å²) in [4.78, 5) is 13.4. The van der Waals surface area contributed by atoms with Crippen LogP contribution < -0.4 is 5.32 Å². The van der Waals surface area contributed by atoms with Crippen molar-refractivity contribution in [3.63, 3.8) is 0 Å². The van der Waals surface area contributed by atoms with Gasteiger partial charge >= 0.3 is 6.18 Å². The van der Waals surface area contributed by atoms with Crippen molar-refractivity contribution in [3.8, 4) is 0 Å². The number of sulfonamides is 1. The number of nitrogens with one attached hydrogen (secondary N) is 1. The maximum atomic E-state index is 13.7. The highest BCUT2D eigenvalue weighted by Crippen LogP contribution is 2.31. The summed E-state index contributed by atoms with van der Waals surface area (Å²) >= 11 is 5.78. The molecule has 12 heteroatoms. The van der Waals surface area contributed by atoms with Gasteiger partial charge in [0.1, 0.15) is 5.82 Å². The zero-order valence-corrected chi connectivity index (χ0v) is 17.6. The standard InChI is InChI=1S/C19H18ClF4N3O3S/c20-14-4-5-16(21)17(11-14)25-18(28)12-26-6-8-27(9-7-26)31(29,30)15-3-1-2-13(10-15)19(22,23)24/h1-5,10-11H,6-9,12H2,(H,25,28). The fourth-order valence-corrected chi connectivity index (χ4v) is 4.74. The van der Waals surface area contributed by atoms with Crippen molar-refractivity contribution in [2.24, 2.45) is 0 Å². The first-order chi connectivity index (χ1) is 14.5. The van der Waals surface area contributed by atoms with E-state index >= 15 is 0 Å². The number of nitrogens with zero attached hydrogens (tertiary/aromatic N) is 2. The minimum atomic E-state index is -4.65. The molecular formula is C19H18ClF4N3O3S. The Morgan fingerprint density at radius 1 is 1.06 bits per heavy atom. The van der Waals surface area contributed by atoms with Crippen molar-refractivity contribution < 1.29 is 30.8 Å². The Hall–Kier alpha value is -2.21. The molecule has 1 fully saturated rings. The highest BCUT2D eigenvalue weighted by molar-refractivity contribution is 7.89. The van der Waals surface area contributed by atoms with Gasteiger partial charge in [-0.25, -0.2) is 12.8 Å². The van der Waals surface area contributed by atoms with Crippen molar-refractivity contribution in [1.82, 2.24) is 9.21 Å². The number of carbonyl (C=O) groups is 1. The average Bonchev–Trinajstić information content (AvgIpc) is 2.70. The van der Waals surface area contributed by atoms with Crippen LogP contribution in [0.15, 0.2) is 47.4 Å². The minimum Gasteiger partial charge on any atom is -0.322 e. The predicted molar refractivity (Wildman–Crippen MR) is 107 cm³/mol. The Labute approximate surface area is 181 Å². The van der Waals surface area contributed by atoms with Crippen LogP contribution in [0.5, 0.6) is 0 Å². The zero-order chi connectivity index (χ0) is 22.8. The van der Waals surface area contributed by atoms with Crippen LogP contribution in [0.1, 0.15) is 5.56 Å². The lowest BCUT2D eigenvalue weighted by atomic mass is 10.2. The van der Waals surface area contributed by atoms with Crippen molar-refractivity contribution in [2.45, 2.75) is 11.1 Å². The molecule has 0 spiro atoms. The van der Waals surface area contributed by atoms with Crippen molar-refractivity contribution in [3.05, 3.63) is 58.9 Å². The molecule has 2 aromatic carbocycles. The molecule has 31 heavy (non-hydrogen) atoms. The number of hydrogen-bond donors (Lipinski definition) is 1. The molecule has 0 saturated carbocycles. The number of benzene rings is 2. The Balaban J connectivity index is 1.60. The molecule has 1 saturated heterocycles. The molecule has 0 atom stereocenters. The van der Waals surface area contributed by atoms with Crippen molar-refractivity contribution in [2.75, 3.05) is 38.0 Å². The lowest BCUT2D eigenvalue weighted by Crippen LogP contribution is -2.50. The number of alkyl halides is 3. The van der Waals surface area contributed by atoms with E-state index in [1.807, 2.05) is 0 Å². The second kappa shape index (κ2) is 9.11. The van der Waals surface area contributed by atoms with Gasteiger partial charge in [-0.1, -0.05) is 17.7 Å². The average molecular weight is 480 g/mol. The third kappa shape index (κ3) is 5.73. The van der Waals surface area contributed by atoms with Crippen LogP contribution in [0.25, 0.3) is 0 Å². The smallest absolute Gasteiger partial charge is 0.322 e. The zero-order valence-electron chi connectivity index (χ0n) is 16.0. The number of halogens is 5. The van der Waals surface area contributed by atoms with Crippen molar-refractivity contribution >= 4 is 33.2 Å². The fraction of sp³-hybridized carbons (Fsp3) is 0.316. The Morgan fingerprint density at radius 3 is 2.39 bits per heavy atom. The molecule has 1 N–H and O–H groups in total. The lowest BCUT2D eigenvalue weighted by Gasteiger charge is -2.33. The Bertz CT molecular complexity index is 1070. The highest BCUT2D eigenvalue weighted by atomic mass is 35.5. The number of carbonyl (C=O) groups excluding carboxylic acids is 1. The van der Waals surface area contributed by atoms with Crippen LogP contribution in [0.2, 0.25) is 5.02 Å². The maximum Gasteiger partial charge on any atom is 0.416 e. The third-order valence-corrected chi connectivity index (χ3v) is 6.83. The van der Waals surface area contributed by atoms with Gasteiger partial charge in [0, 0.05) is 31.2 Å². The summed E-state index contributed by atoms with van der Waals surface area (Å²) in [5, 5.41) is 2.66. The summed E-state index contributed by atoms with van der Waals surface area (Å²) in [7, 11) is -4.11. The molecule has 0 aromatic heterocycles. The Kier molecular flexibility index (Phi) is 6.89. The van der Waals surface area contributed by atoms with E-state index < -0.39 is 38.4 Å². The molecule has 1 amide bonds. The summed E-state index contributed by atoms with van der Waals surface area (Å²) < 4.78 is 78.9. The maximum absolute atomic E-state index is 13.7. The first kappa shape index (κ1) is 23.5. The first-order valence-electron chi connectivity index (χ1n) is 9.11. The van der Waals surface area contributed by atoms with Crippen molar-refractivity contribution in [1.29, 1.82) is 0 Å². The molecule has 168 valence electrons. The minimum absolute atomic E-state index is 0.00259. The van der Waals surface area contributed by atoms with Gasteiger partial charge < -0.3 is 5.32 Å². The second-order valence-electron chi connectivity index (χ2n) is 6.88. The largest absolute Gasteiger partial charge is 0.416 e. The predicted octanol–water partition coefficient (Wildman–Crippen LogP) is 3.44. The quantitative estimate of drug-likeness (QED) is 0.667. The molecule has 3 rings (SSSR count). The van der Waals surface area contributed by atoms with E-state index in [0.717, 1.165) is 28.6 Å². The van der Waals surface area contributed by atoms with Gasteiger partial charge in [-0.2, -0.15) is 17.5 Å². The van der Waals surface area contributed by atoms with Gasteiger partial charge in [-0.15, -0.1) is 0 Å². The normalized spacial score (nSPS) is 16.3. The number of hydrogen-bond acceptors (Lipinski definition) is 4. The summed E-state index contributed by atoms with van der Waals surface area (Å²) in [5.74, 6) is -1.15. The van der Waals surface area contributed by atoms with Crippen LogP contribution in [-0.4, -0.2) is 56.3 Å². The second-order valence-corrected chi connectivity index (χ2v) is 9.25. The number of piperazine rings is 1. The molecule has 2 aromatic rings. The highest BCUT2D eigenvalue weighted by Gasteiger charge is 2.34. The topological polar surface area (TPSA) is 69.7 Å². The van der Waals surface area contributed by atoms with Crippen LogP contribution >= 0.6 is 11.6 Å². The summed E-state index contributed by atoms with van der Waals surface area (Å²) in [5.41, 5.74) is -1.11. The monoisotopic (exact) mass is 479 g/mol. The Morgan fingerprint density at radius 2 is 1.74 bits per heavy atom. The van der Waals surface area contributed by atoms with E-state index in [0.29, 0.717) is 6.07 Å². The molecule has 6 nitrogen and oxygen atoms in total. The van der Waals surface area contributed by atoms with E-state index in [4.69, 9.17) is 11.6 Å². The van der Waals surface area contributed by atoms with Gasteiger partial charge in [-0.05, 0) is 36.4 Å². The van der Waals surface area contributed by atoms with Crippen LogP contribution in [0, 0.1) is 5.82 Å². The first-order valence-corrected chi connectivity index (χ1v) is 10.9. The SMILES string of the molecule is O=C(CN1CCN(S(=O)(=O)c2cccc(C(F)(F)F)c2)CC1)Nc1cc(Cl)ccc1F. The van der Waals surface area contributed by atoms with Gasteiger partial charge in [-0.3, -0.25) is 9.69 Å². The molecular weight excluding hydrogens is 462 g/mol. The van der Waals surface area contributed by atoms with Gasteiger partial charge in [0.25, 0.3) is 0 Å². The van der Waals surface area contributed by atoms with Crippen LogP contribution in [0.4, 0.5) is 23.2 Å². The summed E-state index contributed by atoms with van der Waals surface area (Å²) in [6.45, 7) is 0.255. The summed E-state index contributed by atoms with van der Waals surface area (Å²) in [6, 6.07) is 7.31. The van der Waals surface area contributed by atoms with E-state index in [9.17, 15) is 30.8 Å². The lowest BCUT2D eigenvalue weighted by molar-refractivity contribution is -0.137. The molecule has 0 unspecified atom stereocenters. The van der Waals surface area contributed by atoms with Gasteiger partial charge in [0.2, 0.25) is 15.9 Å². The third-order valence-electron chi connectivity index (χ3n) is 4.70. The molecule has 1 aliphatic heterocycles. The van der Waals surface area contributed by atoms with Crippen LogP contribution in [-0.2, 0) is 21.0 Å². The molecule has 0 aliphatic carbocycles. The number of amides is 1. The van der Waals surface area contributed by atoms with Crippen LogP contribution in [0.3, 0.4) is 0 Å². The van der Waals surface area contributed by atoms with E-state index in [1.165, 1.54) is 12.1 Å². The number of rotatable bonds is 5. The fourth-order valence-electron chi connectivity index (χ4n) is 3.10. The number of anilines is 1. The van der Waals surface area contributed by atoms with E-state index in [2.05, 4.69) is 5.32 Å². The molecule has 0 bridgehead atoms. The van der Waals surface area contributed by atoms with E-state index in [-0.39, 0.29) is 43.4 Å². The van der Waals surface area contributed by atoms with Gasteiger partial charge in [0.05, 0.1) is 22.7 Å². The molecule has 1 heterocycles. The molecule has 1 aliphatic rings. The van der Waals surface area contributed by atoms with E-state index in [1.54, 1.807) is 4.90 Å².